The molecule has 0 aromatic carbocycles. The third-order valence-electron chi connectivity index (χ3n) is 2.30. The van der Waals surface area contributed by atoms with Gasteiger partial charge in [-0.05, 0) is 11.0 Å². The fourth-order valence-electron chi connectivity index (χ4n) is 1.40. The normalized spacial score (nSPS) is 10.3. The van der Waals surface area contributed by atoms with Crippen molar-refractivity contribution in [3.8, 4) is 0 Å². The lowest BCUT2D eigenvalue weighted by Crippen LogP contribution is -2.35. The van der Waals surface area contributed by atoms with Crippen LogP contribution in [0.4, 0.5) is 5.82 Å². The minimum atomic E-state index is -0.585. The van der Waals surface area contributed by atoms with Crippen LogP contribution in [0.3, 0.4) is 0 Å². The van der Waals surface area contributed by atoms with Gasteiger partial charge in [0.05, 0.1) is 6.61 Å². The lowest BCUT2D eigenvalue weighted by Gasteiger charge is -2.19. The molecule has 1 aromatic rings. The summed E-state index contributed by atoms with van der Waals surface area (Å²) in [7, 11) is 1.53. The number of aromatic amines is 1. The van der Waals surface area contributed by atoms with Crippen LogP contribution in [-0.2, 0) is 4.74 Å². The maximum Gasteiger partial charge on any atom is 0.321 e. The van der Waals surface area contributed by atoms with Crippen molar-refractivity contribution < 1.29 is 14.5 Å². The van der Waals surface area contributed by atoms with Crippen LogP contribution in [-0.4, -0.2) is 53.4 Å². The average Bonchev–Trinajstić information content (AvgIpc) is 2.83. The van der Waals surface area contributed by atoms with E-state index in [4.69, 9.17) is 16.3 Å². The first kappa shape index (κ1) is 14.5. The summed E-state index contributed by atoms with van der Waals surface area (Å²) < 4.78 is 4.89. The van der Waals surface area contributed by atoms with Gasteiger partial charge < -0.3 is 19.8 Å². The highest BCUT2D eigenvalue weighted by Gasteiger charge is 2.21. The van der Waals surface area contributed by atoms with Crippen molar-refractivity contribution in [2.45, 2.75) is 0 Å². The summed E-state index contributed by atoms with van der Waals surface area (Å²) in [4.78, 5) is 25.9. The fraction of sp³-hybridized carbons (Fsp3) is 0.500. The molecule has 7 nitrogen and oxygen atoms in total. The summed E-state index contributed by atoms with van der Waals surface area (Å²) in [6, 6.07) is 2.64. The van der Waals surface area contributed by atoms with Crippen LogP contribution in [0.15, 0.2) is 12.1 Å². The summed E-state index contributed by atoms with van der Waals surface area (Å²) >= 11 is 5.61. The number of hydrogen-bond donors (Lipinski definition) is 1. The molecule has 0 aliphatic heterocycles. The first-order valence-corrected chi connectivity index (χ1v) is 5.81. The number of amides is 1. The van der Waals surface area contributed by atoms with E-state index in [2.05, 4.69) is 4.98 Å². The van der Waals surface area contributed by atoms with Gasteiger partial charge in [0.15, 0.2) is 5.69 Å². The summed E-state index contributed by atoms with van der Waals surface area (Å²) in [6.07, 6.45) is 0. The number of nitrogens with zero attached hydrogens (tertiary/aromatic N) is 2. The smallest absolute Gasteiger partial charge is 0.321 e. The molecule has 0 atom stereocenters. The number of methoxy groups -OCH3 is 1. The maximum atomic E-state index is 12.0. The lowest BCUT2D eigenvalue weighted by molar-refractivity contribution is -0.389. The number of carbonyl (C=O) groups is 1. The highest BCUT2D eigenvalue weighted by molar-refractivity contribution is 6.18. The van der Waals surface area contributed by atoms with Crippen molar-refractivity contribution in [1.82, 2.24) is 9.88 Å². The minimum Gasteiger partial charge on any atom is -0.383 e. The molecule has 100 valence electrons. The molecule has 0 saturated carbocycles. The molecule has 8 heteroatoms. The SMILES string of the molecule is COCCN(CCCl)C(=O)c1ccc([N+](=O)[O-])[nH]1. The molecule has 0 bridgehead atoms. The molecule has 18 heavy (non-hydrogen) atoms. The van der Waals surface area contributed by atoms with E-state index in [9.17, 15) is 14.9 Å². The zero-order valence-electron chi connectivity index (χ0n) is 9.89. The van der Waals surface area contributed by atoms with E-state index in [1.54, 1.807) is 0 Å². The van der Waals surface area contributed by atoms with E-state index in [1.807, 2.05) is 0 Å². The Morgan fingerprint density at radius 3 is 2.78 bits per heavy atom. The van der Waals surface area contributed by atoms with E-state index in [1.165, 1.54) is 24.1 Å². The second kappa shape index (κ2) is 6.97. The van der Waals surface area contributed by atoms with Crippen LogP contribution >= 0.6 is 11.6 Å². The number of carbonyl (C=O) groups excluding carboxylic acids is 1. The van der Waals surface area contributed by atoms with Gasteiger partial charge in [-0.15, -0.1) is 11.6 Å². The van der Waals surface area contributed by atoms with E-state index in [0.29, 0.717) is 19.7 Å². The molecule has 0 aliphatic carbocycles. The standard InChI is InChI=1S/C10H14ClN3O4/c1-18-7-6-13(5-4-11)10(15)8-2-3-9(12-8)14(16)17/h2-3,12H,4-7H2,1H3. The molecular formula is C10H14ClN3O4. The molecule has 1 rings (SSSR count). The maximum absolute atomic E-state index is 12.0. The quantitative estimate of drug-likeness (QED) is 0.461. The van der Waals surface area contributed by atoms with Gasteiger partial charge in [-0.25, -0.2) is 4.98 Å². The molecule has 0 aliphatic rings. The molecule has 1 heterocycles. The van der Waals surface area contributed by atoms with Crippen LogP contribution in [0.2, 0.25) is 0 Å². The average molecular weight is 276 g/mol. The Balaban J connectivity index is 2.77. The first-order valence-electron chi connectivity index (χ1n) is 5.27. The molecule has 0 saturated heterocycles. The number of aromatic nitrogens is 1. The van der Waals surface area contributed by atoms with Crippen LogP contribution in [0.1, 0.15) is 10.5 Å². The van der Waals surface area contributed by atoms with E-state index in [-0.39, 0.29) is 23.3 Å². The zero-order chi connectivity index (χ0) is 13.5. The van der Waals surface area contributed by atoms with Gasteiger partial charge in [-0.2, -0.15) is 0 Å². The van der Waals surface area contributed by atoms with Gasteiger partial charge in [0, 0.05) is 32.1 Å². The topological polar surface area (TPSA) is 88.5 Å². The summed E-state index contributed by atoms with van der Waals surface area (Å²) in [5, 5.41) is 10.5. The van der Waals surface area contributed by atoms with Gasteiger partial charge in [0.2, 0.25) is 0 Å². The van der Waals surface area contributed by atoms with Crippen LogP contribution in [0, 0.1) is 10.1 Å². The molecular weight excluding hydrogens is 262 g/mol. The second-order valence-electron chi connectivity index (χ2n) is 3.49. The van der Waals surface area contributed by atoms with E-state index in [0.717, 1.165) is 0 Å². The van der Waals surface area contributed by atoms with Crippen molar-refractivity contribution in [3.05, 3.63) is 27.9 Å². The largest absolute Gasteiger partial charge is 0.383 e. The number of rotatable bonds is 7. The van der Waals surface area contributed by atoms with Gasteiger partial charge in [-0.1, -0.05) is 0 Å². The second-order valence-corrected chi connectivity index (χ2v) is 3.87. The van der Waals surface area contributed by atoms with Gasteiger partial charge >= 0.3 is 5.82 Å². The Bertz CT molecular complexity index is 421. The predicted octanol–water partition coefficient (Wildman–Crippen LogP) is 1.25. The number of nitro groups is 1. The highest BCUT2D eigenvalue weighted by Crippen LogP contribution is 2.12. The Kier molecular flexibility index (Phi) is 5.60. The Labute approximate surface area is 109 Å². The van der Waals surface area contributed by atoms with Crippen molar-refractivity contribution in [2.24, 2.45) is 0 Å². The number of halogens is 1. The number of nitrogens with one attached hydrogen (secondary N) is 1. The monoisotopic (exact) mass is 275 g/mol. The molecule has 1 amide bonds. The summed E-state index contributed by atoms with van der Waals surface area (Å²) in [6.45, 7) is 1.12. The molecule has 0 fully saturated rings. The molecule has 1 N–H and O–H groups in total. The summed E-state index contributed by atoms with van der Waals surface area (Å²) in [5.41, 5.74) is 0.169. The van der Waals surface area contributed by atoms with Gasteiger partial charge in [-0.3, -0.25) is 4.79 Å². The Hall–Kier alpha value is -1.60. The van der Waals surface area contributed by atoms with Gasteiger partial charge in [0.1, 0.15) is 0 Å². The van der Waals surface area contributed by atoms with Crippen molar-refractivity contribution >= 4 is 23.3 Å². The number of H-pyrrole nitrogens is 1. The van der Waals surface area contributed by atoms with E-state index < -0.39 is 4.92 Å². The van der Waals surface area contributed by atoms with Gasteiger partial charge in [0.25, 0.3) is 5.91 Å². The third kappa shape index (κ3) is 3.71. The zero-order valence-corrected chi connectivity index (χ0v) is 10.6. The fourth-order valence-corrected chi connectivity index (χ4v) is 1.61. The Morgan fingerprint density at radius 1 is 1.56 bits per heavy atom. The molecule has 1 aromatic heterocycles. The third-order valence-corrected chi connectivity index (χ3v) is 2.47. The highest BCUT2D eigenvalue weighted by atomic mass is 35.5. The first-order chi connectivity index (χ1) is 8.60. The number of hydrogen-bond acceptors (Lipinski definition) is 4. The van der Waals surface area contributed by atoms with Crippen molar-refractivity contribution in [2.75, 3.05) is 32.7 Å². The summed E-state index contributed by atoms with van der Waals surface area (Å²) in [5.74, 6) is -0.255. The molecule has 0 unspecified atom stereocenters. The number of alkyl halides is 1. The Morgan fingerprint density at radius 2 is 2.28 bits per heavy atom. The number of ether oxygens (including phenoxy) is 1. The van der Waals surface area contributed by atoms with Crippen LogP contribution < -0.4 is 0 Å². The van der Waals surface area contributed by atoms with Crippen molar-refractivity contribution in [3.63, 3.8) is 0 Å². The molecule has 0 radical (unpaired) electrons. The minimum absolute atomic E-state index is 0.169. The van der Waals surface area contributed by atoms with Crippen LogP contribution in [0.25, 0.3) is 0 Å². The molecule has 0 spiro atoms. The van der Waals surface area contributed by atoms with Crippen molar-refractivity contribution in [1.29, 1.82) is 0 Å². The predicted molar refractivity (Wildman–Crippen MR) is 65.9 cm³/mol. The lowest BCUT2D eigenvalue weighted by atomic mass is 10.3. The van der Waals surface area contributed by atoms with E-state index >= 15 is 0 Å². The van der Waals surface area contributed by atoms with Crippen LogP contribution in [0.5, 0.6) is 0 Å².